The van der Waals surface area contributed by atoms with Gasteiger partial charge in [-0.05, 0) is 37.3 Å². The molecule has 1 aromatic heterocycles. The molecule has 6 nitrogen and oxygen atoms in total. The zero-order valence-corrected chi connectivity index (χ0v) is 14.3. The summed E-state index contributed by atoms with van der Waals surface area (Å²) in [6.07, 6.45) is 5.76. The molecule has 1 atom stereocenters. The van der Waals surface area contributed by atoms with Crippen molar-refractivity contribution in [2.24, 2.45) is 0 Å². The van der Waals surface area contributed by atoms with Crippen LogP contribution in [0.1, 0.15) is 35.3 Å². The van der Waals surface area contributed by atoms with E-state index in [-0.39, 0.29) is 12.0 Å². The van der Waals surface area contributed by atoms with E-state index in [9.17, 15) is 4.79 Å². The van der Waals surface area contributed by atoms with Crippen molar-refractivity contribution < 1.29 is 9.53 Å². The zero-order valence-electron chi connectivity index (χ0n) is 14.3. The van der Waals surface area contributed by atoms with Crippen LogP contribution < -0.4 is 10.6 Å². The lowest BCUT2D eigenvalue weighted by molar-refractivity contribution is 0.0853. The molecular formula is C19H24N4O2. The number of nitrogens with one attached hydrogen (secondary N) is 2. The normalized spacial score (nSPS) is 16.6. The molecule has 3 rings (SSSR count). The third kappa shape index (κ3) is 5.53. The van der Waals surface area contributed by atoms with Crippen LogP contribution in [-0.4, -0.2) is 41.7 Å². The molecule has 0 spiro atoms. The highest BCUT2D eigenvalue weighted by Crippen LogP contribution is 2.11. The number of aryl methyl sites for hydroxylation is 1. The van der Waals surface area contributed by atoms with Crippen molar-refractivity contribution in [3.05, 3.63) is 53.9 Å². The Morgan fingerprint density at radius 2 is 2.12 bits per heavy atom. The second-order valence-corrected chi connectivity index (χ2v) is 6.13. The van der Waals surface area contributed by atoms with E-state index in [0.29, 0.717) is 18.2 Å². The summed E-state index contributed by atoms with van der Waals surface area (Å²) in [6.45, 7) is 2.07. The second-order valence-electron chi connectivity index (χ2n) is 6.13. The third-order valence-electron chi connectivity index (χ3n) is 4.17. The first kappa shape index (κ1) is 17.4. The number of anilines is 1. The van der Waals surface area contributed by atoms with Crippen LogP contribution in [0.3, 0.4) is 0 Å². The molecule has 2 N–H and O–H groups in total. The van der Waals surface area contributed by atoms with Gasteiger partial charge in [0.2, 0.25) is 5.95 Å². The maximum atomic E-state index is 12.2. The maximum absolute atomic E-state index is 12.2. The van der Waals surface area contributed by atoms with Crippen LogP contribution in [0.25, 0.3) is 0 Å². The summed E-state index contributed by atoms with van der Waals surface area (Å²) in [6, 6.07) is 12.0. The SMILES string of the molecule is O=C(NCC1CCCO1)c1ccnc(NCCCc2ccccc2)n1. The molecule has 0 radical (unpaired) electrons. The topological polar surface area (TPSA) is 76.1 Å². The van der Waals surface area contributed by atoms with Crippen LogP contribution in [0.5, 0.6) is 0 Å². The molecule has 1 aliphatic heterocycles. The van der Waals surface area contributed by atoms with Gasteiger partial charge in [-0.25, -0.2) is 9.97 Å². The van der Waals surface area contributed by atoms with Gasteiger partial charge in [-0.3, -0.25) is 4.79 Å². The lowest BCUT2D eigenvalue weighted by Crippen LogP contribution is -2.32. The Morgan fingerprint density at radius 3 is 2.92 bits per heavy atom. The Labute approximate surface area is 148 Å². The number of carbonyl (C=O) groups is 1. The maximum Gasteiger partial charge on any atom is 0.270 e. The van der Waals surface area contributed by atoms with E-state index in [0.717, 1.165) is 38.8 Å². The molecule has 2 heterocycles. The summed E-state index contributed by atoms with van der Waals surface area (Å²) in [5, 5.41) is 6.06. The molecule has 6 heteroatoms. The average molecular weight is 340 g/mol. The monoisotopic (exact) mass is 340 g/mol. The van der Waals surface area contributed by atoms with E-state index in [2.05, 4.69) is 32.7 Å². The Balaban J connectivity index is 1.43. The van der Waals surface area contributed by atoms with E-state index in [4.69, 9.17) is 4.74 Å². The van der Waals surface area contributed by atoms with Gasteiger partial charge in [-0.2, -0.15) is 0 Å². The van der Waals surface area contributed by atoms with Crippen molar-refractivity contribution in [1.29, 1.82) is 0 Å². The molecule has 0 aliphatic carbocycles. The third-order valence-corrected chi connectivity index (χ3v) is 4.17. The number of carbonyl (C=O) groups excluding carboxylic acids is 1. The van der Waals surface area contributed by atoms with Crippen LogP contribution >= 0.6 is 0 Å². The first-order chi connectivity index (χ1) is 12.3. The van der Waals surface area contributed by atoms with Crippen molar-refractivity contribution in [3.8, 4) is 0 Å². The quantitative estimate of drug-likeness (QED) is 0.722. The molecule has 1 fully saturated rings. The summed E-state index contributed by atoms with van der Waals surface area (Å²) in [4.78, 5) is 20.6. The minimum Gasteiger partial charge on any atom is -0.376 e. The number of ether oxygens (including phenoxy) is 1. The highest BCUT2D eigenvalue weighted by Gasteiger charge is 2.17. The fourth-order valence-corrected chi connectivity index (χ4v) is 2.81. The van der Waals surface area contributed by atoms with E-state index in [1.54, 1.807) is 12.3 Å². The van der Waals surface area contributed by atoms with E-state index < -0.39 is 0 Å². The van der Waals surface area contributed by atoms with Crippen LogP contribution in [0.4, 0.5) is 5.95 Å². The minimum atomic E-state index is -0.190. The summed E-state index contributed by atoms with van der Waals surface area (Å²) < 4.78 is 5.51. The van der Waals surface area contributed by atoms with Crippen molar-refractivity contribution >= 4 is 11.9 Å². The lowest BCUT2D eigenvalue weighted by Gasteiger charge is -2.11. The lowest BCUT2D eigenvalue weighted by atomic mass is 10.1. The van der Waals surface area contributed by atoms with Gasteiger partial charge in [0.1, 0.15) is 5.69 Å². The number of amides is 1. The Morgan fingerprint density at radius 1 is 1.24 bits per heavy atom. The number of hydrogen-bond donors (Lipinski definition) is 2. The predicted octanol–water partition coefficient (Wildman–Crippen LogP) is 2.43. The first-order valence-corrected chi connectivity index (χ1v) is 8.82. The standard InChI is InChI=1S/C19H24N4O2/c24-18(22-14-16-9-5-13-25-16)17-10-12-21-19(23-17)20-11-4-8-15-6-2-1-3-7-15/h1-3,6-7,10,12,16H,4-5,8-9,11,13-14H2,(H,22,24)(H,20,21,23). The fraction of sp³-hybridized carbons (Fsp3) is 0.421. The summed E-state index contributed by atoms with van der Waals surface area (Å²) >= 11 is 0. The largest absolute Gasteiger partial charge is 0.376 e. The number of nitrogens with zero attached hydrogens (tertiary/aromatic N) is 2. The van der Waals surface area contributed by atoms with Crippen molar-refractivity contribution in [2.75, 3.05) is 25.0 Å². The van der Waals surface area contributed by atoms with Gasteiger partial charge in [0, 0.05) is 25.9 Å². The molecule has 1 unspecified atom stereocenters. The molecule has 25 heavy (non-hydrogen) atoms. The van der Waals surface area contributed by atoms with Gasteiger partial charge < -0.3 is 15.4 Å². The number of aromatic nitrogens is 2. The van der Waals surface area contributed by atoms with Crippen molar-refractivity contribution in [1.82, 2.24) is 15.3 Å². The van der Waals surface area contributed by atoms with E-state index in [1.165, 1.54) is 5.56 Å². The Bertz CT molecular complexity index is 672. The van der Waals surface area contributed by atoms with Crippen molar-refractivity contribution in [3.63, 3.8) is 0 Å². The van der Waals surface area contributed by atoms with Gasteiger partial charge in [0.15, 0.2) is 0 Å². The highest BCUT2D eigenvalue weighted by atomic mass is 16.5. The Kier molecular flexibility index (Phi) is 6.34. The zero-order chi connectivity index (χ0) is 17.3. The van der Waals surface area contributed by atoms with Crippen LogP contribution in [0, 0.1) is 0 Å². The molecule has 1 aromatic carbocycles. The van der Waals surface area contributed by atoms with E-state index >= 15 is 0 Å². The highest BCUT2D eigenvalue weighted by molar-refractivity contribution is 5.92. The smallest absolute Gasteiger partial charge is 0.270 e. The van der Waals surface area contributed by atoms with Crippen LogP contribution in [0.2, 0.25) is 0 Å². The second kappa shape index (κ2) is 9.13. The fourth-order valence-electron chi connectivity index (χ4n) is 2.81. The van der Waals surface area contributed by atoms with Crippen LogP contribution in [0.15, 0.2) is 42.6 Å². The predicted molar refractivity (Wildman–Crippen MR) is 96.6 cm³/mol. The Hall–Kier alpha value is -2.47. The summed E-state index contributed by atoms with van der Waals surface area (Å²) in [5.41, 5.74) is 1.69. The van der Waals surface area contributed by atoms with Gasteiger partial charge in [-0.1, -0.05) is 30.3 Å². The molecule has 0 bridgehead atoms. The van der Waals surface area contributed by atoms with Crippen molar-refractivity contribution in [2.45, 2.75) is 31.8 Å². The van der Waals surface area contributed by atoms with Crippen LogP contribution in [-0.2, 0) is 11.2 Å². The summed E-state index contributed by atoms with van der Waals surface area (Å²) in [5.74, 6) is 0.295. The van der Waals surface area contributed by atoms with Gasteiger partial charge >= 0.3 is 0 Å². The average Bonchev–Trinajstić information content (AvgIpc) is 3.18. The molecule has 2 aromatic rings. The molecule has 1 saturated heterocycles. The minimum absolute atomic E-state index is 0.126. The van der Waals surface area contributed by atoms with Gasteiger partial charge in [0.25, 0.3) is 5.91 Å². The molecule has 132 valence electrons. The molecule has 1 amide bonds. The van der Waals surface area contributed by atoms with Gasteiger partial charge in [0.05, 0.1) is 6.10 Å². The number of hydrogen-bond acceptors (Lipinski definition) is 5. The molecule has 1 aliphatic rings. The molecular weight excluding hydrogens is 316 g/mol. The number of rotatable bonds is 8. The van der Waals surface area contributed by atoms with Gasteiger partial charge in [-0.15, -0.1) is 0 Å². The first-order valence-electron chi connectivity index (χ1n) is 8.82. The van der Waals surface area contributed by atoms with E-state index in [1.807, 2.05) is 18.2 Å². The number of benzene rings is 1. The molecule has 0 saturated carbocycles. The summed E-state index contributed by atoms with van der Waals surface area (Å²) in [7, 11) is 0.